The number of aryl methyl sites for hydroxylation is 2. The highest BCUT2D eigenvalue weighted by atomic mass is 35.5. The third-order valence-electron chi connectivity index (χ3n) is 4.65. The fourth-order valence-electron chi connectivity index (χ4n) is 3.05. The Morgan fingerprint density at radius 1 is 1.21 bits per heavy atom. The van der Waals surface area contributed by atoms with Crippen molar-refractivity contribution >= 4 is 40.8 Å². The summed E-state index contributed by atoms with van der Waals surface area (Å²) in [6.45, 7) is 2.40. The van der Waals surface area contributed by atoms with Gasteiger partial charge in [0.2, 0.25) is 11.7 Å². The van der Waals surface area contributed by atoms with E-state index in [1.165, 1.54) is 4.90 Å². The van der Waals surface area contributed by atoms with Gasteiger partial charge >= 0.3 is 0 Å². The molecule has 1 fully saturated rings. The molecule has 3 rings (SSSR count). The van der Waals surface area contributed by atoms with Gasteiger partial charge < -0.3 is 10.2 Å². The van der Waals surface area contributed by atoms with E-state index in [2.05, 4.69) is 15.3 Å². The molecule has 0 saturated carbocycles. The van der Waals surface area contributed by atoms with Crippen LogP contribution in [0.1, 0.15) is 23.4 Å². The fourth-order valence-corrected chi connectivity index (χ4v) is 3.37. The maximum absolute atomic E-state index is 12.4. The lowest BCUT2D eigenvalue weighted by Crippen LogP contribution is -2.36. The van der Waals surface area contributed by atoms with Gasteiger partial charge in [0.25, 0.3) is 5.91 Å². The van der Waals surface area contributed by atoms with Crippen molar-refractivity contribution in [1.29, 1.82) is 0 Å². The molecule has 1 atom stereocenters. The van der Waals surface area contributed by atoms with Crippen LogP contribution >= 0.6 is 23.2 Å². The van der Waals surface area contributed by atoms with Crippen molar-refractivity contribution in [2.75, 3.05) is 13.1 Å². The number of hydrogen-bond acceptors (Lipinski definition) is 5. The molecule has 1 aromatic carbocycles. The Morgan fingerprint density at radius 3 is 2.69 bits per heavy atom. The van der Waals surface area contributed by atoms with Gasteiger partial charge in [0, 0.05) is 19.3 Å². The summed E-state index contributed by atoms with van der Waals surface area (Å²) in [6.07, 6.45) is 4.52. The Bertz CT molecular complexity index is 934. The van der Waals surface area contributed by atoms with Crippen molar-refractivity contribution in [3.63, 3.8) is 0 Å². The number of likely N-dealkylation sites (tertiary alicyclic amines) is 1. The van der Waals surface area contributed by atoms with Crippen molar-refractivity contribution in [1.82, 2.24) is 20.2 Å². The molecule has 2 heterocycles. The van der Waals surface area contributed by atoms with Crippen LogP contribution in [0, 0.1) is 12.8 Å². The normalized spacial score (nSPS) is 16.4. The Morgan fingerprint density at radius 2 is 2.00 bits per heavy atom. The number of Topliss-reactive ketones (excluding diaryl/α,β-unsaturated/α-hetero) is 1. The molecule has 1 aliphatic heterocycles. The zero-order valence-corrected chi connectivity index (χ0v) is 17.3. The van der Waals surface area contributed by atoms with Gasteiger partial charge in [0.1, 0.15) is 5.92 Å². The summed E-state index contributed by atoms with van der Waals surface area (Å²) in [6, 6.07) is 5.39. The van der Waals surface area contributed by atoms with Crippen LogP contribution in [0.2, 0.25) is 10.0 Å². The summed E-state index contributed by atoms with van der Waals surface area (Å²) in [4.78, 5) is 46.4. The number of ketones is 1. The van der Waals surface area contributed by atoms with Crippen LogP contribution in [-0.4, -0.2) is 45.6 Å². The second-order valence-corrected chi connectivity index (χ2v) is 7.71. The third-order valence-corrected chi connectivity index (χ3v) is 5.39. The van der Waals surface area contributed by atoms with Gasteiger partial charge in [-0.05, 0) is 37.5 Å². The Balaban J connectivity index is 1.48. The summed E-state index contributed by atoms with van der Waals surface area (Å²) >= 11 is 11.9. The van der Waals surface area contributed by atoms with E-state index in [1.54, 1.807) is 24.5 Å². The number of hydrogen-bond donors (Lipinski definition) is 1. The number of nitrogens with one attached hydrogen (secondary N) is 1. The Hall–Kier alpha value is -2.51. The van der Waals surface area contributed by atoms with E-state index in [9.17, 15) is 14.4 Å². The third kappa shape index (κ3) is 5.31. The molecule has 7 nitrogen and oxygen atoms in total. The minimum absolute atomic E-state index is 0.0475. The summed E-state index contributed by atoms with van der Waals surface area (Å²) in [5, 5.41) is 3.72. The molecule has 0 spiro atoms. The number of halogens is 2. The lowest BCUT2D eigenvalue weighted by Gasteiger charge is -2.14. The molecule has 29 heavy (non-hydrogen) atoms. The number of amides is 2. The zero-order chi connectivity index (χ0) is 21.0. The largest absolute Gasteiger partial charge is 0.355 e. The molecule has 0 bridgehead atoms. The number of carbonyl (C=O) groups is 3. The zero-order valence-electron chi connectivity index (χ0n) is 15.8. The second kappa shape index (κ2) is 9.33. The van der Waals surface area contributed by atoms with Crippen molar-refractivity contribution in [2.45, 2.75) is 26.3 Å². The summed E-state index contributed by atoms with van der Waals surface area (Å²) in [7, 11) is 0. The minimum atomic E-state index is -0.995. The van der Waals surface area contributed by atoms with Crippen LogP contribution in [0.25, 0.3) is 0 Å². The molecule has 1 aliphatic rings. The SMILES string of the molecule is Cc1cnc(CN2CC(C(=O)NCCCc3ccc(Cl)c(Cl)c3)C(=O)C2=O)cn1. The van der Waals surface area contributed by atoms with E-state index in [1.807, 2.05) is 13.0 Å². The summed E-state index contributed by atoms with van der Waals surface area (Å²) in [5.41, 5.74) is 2.33. The molecule has 1 saturated heterocycles. The van der Waals surface area contributed by atoms with E-state index in [-0.39, 0.29) is 13.1 Å². The maximum Gasteiger partial charge on any atom is 0.291 e. The molecule has 152 valence electrons. The van der Waals surface area contributed by atoms with Crippen LogP contribution in [0.5, 0.6) is 0 Å². The Labute approximate surface area is 178 Å². The number of benzene rings is 1. The predicted octanol–water partition coefficient (Wildman–Crippen LogP) is 2.37. The van der Waals surface area contributed by atoms with E-state index in [4.69, 9.17) is 23.2 Å². The number of rotatable bonds is 7. The summed E-state index contributed by atoms with van der Waals surface area (Å²) in [5.74, 6) is -2.78. The molecule has 2 aromatic rings. The lowest BCUT2D eigenvalue weighted by atomic mass is 10.1. The molecular formula is C20H20Cl2N4O3. The van der Waals surface area contributed by atoms with Crippen LogP contribution in [0.3, 0.4) is 0 Å². The molecular weight excluding hydrogens is 415 g/mol. The van der Waals surface area contributed by atoms with Gasteiger partial charge in [-0.25, -0.2) is 0 Å². The number of carbonyl (C=O) groups excluding carboxylic acids is 3. The topological polar surface area (TPSA) is 92.3 Å². The van der Waals surface area contributed by atoms with Crippen LogP contribution in [0.4, 0.5) is 0 Å². The average molecular weight is 435 g/mol. The fraction of sp³-hybridized carbons (Fsp3) is 0.350. The first-order valence-corrected chi connectivity index (χ1v) is 9.93. The molecule has 0 aliphatic carbocycles. The maximum atomic E-state index is 12.4. The van der Waals surface area contributed by atoms with E-state index in [0.29, 0.717) is 35.1 Å². The van der Waals surface area contributed by atoms with Crippen molar-refractivity contribution < 1.29 is 14.4 Å². The molecule has 9 heteroatoms. The molecule has 2 amide bonds. The summed E-state index contributed by atoms with van der Waals surface area (Å²) < 4.78 is 0. The van der Waals surface area contributed by atoms with Crippen molar-refractivity contribution in [3.05, 3.63) is 57.6 Å². The lowest BCUT2D eigenvalue weighted by molar-refractivity contribution is -0.142. The van der Waals surface area contributed by atoms with E-state index in [0.717, 1.165) is 11.3 Å². The van der Waals surface area contributed by atoms with Crippen LogP contribution in [-0.2, 0) is 27.3 Å². The van der Waals surface area contributed by atoms with Gasteiger partial charge in [-0.2, -0.15) is 0 Å². The van der Waals surface area contributed by atoms with E-state index < -0.39 is 23.5 Å². The van der Waals surface area contributed by atoms with Gasteiger partial charge in [-0.3, -0.25) is 24.4 Å². The van der Waals surface area contributed by atoms with Gasteiger partial charge in [-0.15, -0.1) is 0 Å². The van der Waals surface area contributed by atoms with Crippen molar-refractivity contribution in [2.24, 2.45) is 5.92 Å². The predicted molar refractivity (Wildman–Crippen MR) is 108 cm³/mol. The standard InChI is InChI=1S/C20H20Cl2N4O3/c1-12-8-25-14(9-24-12)10-26-11-15(18(27)20(26)29)19(28)23-6-2-3-13-4-5-16(21)17(22)7-13/h4-5,7-9,15H,2-3,6,10-11H2,1H3,(H,23,28). The molecule has 0 radical (unpaired) electrons. The smallest absolute Gasteiger partial charge is 0.291 e. The quantitative estimate of drug-likeness (QED) is 0.410. The molecule has 1 unspecified atom stereocenters. The van der Waals surface area contributed by atoms with Crippen LogP contribution < -0.4 is 5.32 Å². The number of aromatic nitrogens is 2. The second-order valence-electron chi connectivity index (χ2n) is 6.89. The monoisotopic (exact) mass is 434 g/mol. The van der Waals surface area contributed by atoms with Gasteiger partial charge in [0.15, 0.2) is 0 Å². The average Bonchev–Trinajstić information content (AvgIpc) is 2.98. The minimum Gasteiger partial charge on any atom is -0.355 e. The Kier molecular flexibility index (Phi) is 6.82. The van der Waals surface area contributed by atoms with Crippen molar-refractivity contribution in [3.8, 4) is 0 Å². The highest BCUT2D eigenvalue weighted by molar-refractivity contribution is 6.42. The highest BCUT2D eigenvalue weighted by Gasteiger charge is 2.43. The first kappa shape index (κ1) is 21.2. The molecule has 1 N–H and O–H groups in total. The van der Waals surface area contributed by atoms with Gasteiger partial charge in [-0.1, -0.05) is 29.3 Å². The van der Waals surface area contributed by atoms with Gasteiger partial charge in [0.05, 0.1) is 34.2 Å². The van der Waals surface area contributed by atoms with Crippen LogP contribution in [0.15, 0.2) is 30.6 Å². The first-order valence-electron chi connectivity index (χ1n) is 9.17. The molecule has 1 aromatic heterocycles. The van der Waals surface area contributed by atoms with E-state index >= 15 is 0 Å². The highest BCUT2D eigenvalue weighted by Crippen LogP contribution is 2.23. The first-order chi connectivity index (χ1) is 13.8. The number of nitrogens with zero attached hydrogens (tertiary/aromatic N) is 3.